The summed E-state index contributed by atoms with van der Waals surface area (Å²) in [5.74, 6) is 2.12. The first kappa shape index (κ1) is 20.8. The number of likely N-dealkylation sites (tertiary alicyclic amines) is 1. The number of anilines is 1. The Morgan fingerprint density at radius 3 is 2.53 bits per heavy atom. The van der Waals surface area contributed by atoms with Crippen LogP contribution in [0, 0.1) is 5.92 Å². The van der Waals surface area contributed by atoms with Gasteiger partial charge in [0.1, 0.15) is 5.82 Å². The molecule has 1 aromatic carbocycles. The number of aromatic nitrogens is 1. The molecule has 32 heavy (non-hydrogen) atoms. The van der Waals surface area contributed by atoms with Gasteiger partial charge in [-0.3, -0.25) is 9.59 Å². The summed E-state index contributed by atoms with van der Waals surface area (Å²) in [6.45, 7) is 1.44. The van der Waals surface area contributed by atoms with Gasteiger partial charge in [-0.1, -0.05) is 31.4 Å². The Morgan fingerprint density at radius 2 is 1.78 bits per heavy atom. The van der Waals surface area contributed by atoms with Crippen LogP contribution in [-0.2, 0) is 15.0 Å². The third-order valence-corrected chi connectivity index (χ3v) is 7.11. The van der Waals surface area contributed by atoms with Gasteiger partial charge in [0.25, 0.3) is 0 Å². The van der Waals surface area contributed by atoms with E-state index in [0.29, 0.717) is 31.7 Å². The smallest absolute Gasteiger partial charge is 0.233 e. The highest BCUT2D eigenvalue weighted by Gasteiger charge is 2.45. The summed E-state index contributed by atoms with van der Waals surface area (Å²) in [7, 11) is 0. The summed E-state index contributed by atoms with van der Waals surface area (Å²) in [6.07, 6.45) is 7.96. The SMILES string of the molecule is O=C(Nc1ccccn1)C1CCN(C(=O)C2(c3ccc4c(c3)OCO4)CCCCC2)CC1. The maximum Gasteiger partial charge on any atom is 0.233 e. The van der Waals surface area contributed by atoms with Crippen LogP contribution in [0.4, 0.5) is 5.82 Å². The lowest BCUT2D eigenvalue weighted by atomic mass is 9.68. The Labute approximate surface area is 188 Å². The molecule has 3 heterocycles. The fraction of sp³-hybridized carbons (Fsp3) is 0.480. The number of hydrogen-bond acceptors (Lipinski definition) is 5. The molecule has 3 aliphatic rings. The predicted molar refractivity (Wildman–Crippen MR) is 119 cm³/mol. The average molecular weight is 436 g/mol. The van der Waals surface area contributed by atoms with E-state index < -0.39 is 5.41 Å². The molecule has 7 heteroatoms. The summed E-state index contributed by atoms with van der Waals surface area (Å²) in [5.41, 5.74) is 0.518. The summed E-state index contributed by atoms with van der Waals surface area (Å²) in [4.78, 5) is 32.7. The summed E-state index contributed by atoms with van der Waals surface area (Å²) < 4.78 is 11.1. The van der Waals surface area contributed by atoms with Crippen LogP contribution in [0.15, 0.2) is 42.6 Å². The summed E-state index contributed by atoms with van der Waals surface area (Å²) in [6, 6.07) is 11.4. The highest BCUT2D eigenvalue weighted by atomic mass is 16.7. The number of ether oxygens (including phenoxy) is 2. The molecule has 2 aromatic rings. The van der Waals surface area contributed by atoms with Crippen molar-refractivity contribution in [1.82, 2.24) is 9.88 Å². The first-order valence-corrected chi connectivity index (χ1v) is 11.6. The van der Waals surface area contributed by atoms with Gasteiger partial charge >= 0.3 is 0 Å². The van der Waals surface area contributed by atoms with E-state index in [-0.39, 0.29) is 24.5 Å². The van der Waals surface area contributed by atoms with E-state index >= 15 is 0 Å². The van der Waals surface area contributed by atoms with Gasteiger partial charge in [0.2, 0.25) is 18.6 Å². The van der Waals surface area contributed by atoms with Crippen molar-refractivity contribution in [2.45, 2.75) is 50.4 Å². The van der Waals surface area contributed by atoms with Crippen LogP contribution in [0.1, 0.15) is 50.5 Å². The second kappa shape index (κ2) is 8.81. The molecule has 1 N–H and O–H groups in total. The van der Waals surface area contributed by atoms with E-state index in [2.05, 4.69) is 10.3 Å². The van der Waals surface area contributed by atoms with Crippen LogP contribution >= 0.6 is 0 Å². The topological polar surface area (TPSA) is 80.8 Å². The molecule has 168 valence electrons. The van der Waals surface area contributed by atoms with Gasteiger partial charge in [0.05, 0.1) is 5.41 Å². The molecular formula is C25H29N3O4. The zero-order chi connectivity index (χ0) is 22.0. The number of rotatable bonds is 4. The molecule has 0 bridgehead atoms. The van der Waals surface area contributed by atoms with E-state index in [1.165, 1.54) is 0 Å². The van der Waals surface area contributed by atoms with E-state index in [9.17, 15) is 9.59 Å². The molecule has 0 radical (unpaired) electrons. The quantitative estimate of drug-likeness (QED) is 0.788. The second-order valence-corrected chi connectivity index (χ2v) is 8.98. The lowest BCUT2D eigenvalue weighted by molar-refractivity contribution is -0.141. The molecule has 1 saturated carbocycles. The zero-order valence-corrected chi connectivity index (χ0v) is 18.2. The Morgan fingerprint density at radius 1 is 1.00 bits per heavy atom. The number of amides is 2. The van der Waals surface area contributed by atoms with Gasteiger partial charge in [-0.15, -0.1) is 0 Å². The van der Waals surface area contributed by atoms with Gasteiger partial charge in [-0.25, -0.2) is 4.98 Å². The lowest BCUT2D eigenvalue weighted by Crippen LogP contribution is -2.51. The fourth-order valence-electron chi connectivity index (χ4n) is 5.29. The van der Waals surface area contributed by atoms with Gasteiger partial charge < -0.3 is 19.7 Å². The lowest BCUT2D eigenvalue weighted by Gasteiger charge is -2.42. The van der Waals surface area contributed by atoms with Crippen LogP contribution in [0.3, 0.4) is 0 Å². The van der Waals surface area contributed by atoms with Crippen LogP contribution in [-0.4, -0.2) is 41.6 Å². The molecule has 1 aliphatic carbocycles. The third-order valence-electron chi connectivity index (χ3n) is 7.11. The minimum absolute atomic E-state index is 0.0149. The Kier molecular flexibility index (Phi) is 5.72. The number of piperidine rings is 1. The van der Waals surface area contributed by atoms with Crippen molar-refractivity contribution in [3.8, 4) is 11.5 Å². The van der Waals surface area contributed by atoms with Crippen molar-refractivity contribution in [3.63, 3.8) is 0 Å². The van der Waals surface area contributed by atoms with Crippen molar-refractivity contribution < 1.29 is 19.1 Å². The Hall–Kier alpha value is -3.09. The molecule has 1 saturated heterocycles. The molecule has 2 fully saturated rings. The average Bonchev–Trinajstić information content (AvgIpc) is 3.33. The Balaban J connectivity index is 1.29. The van der Waals surface area contributed by atoms with Gasteiger partial charge in [0, 0.05) is 25.2 Å². The number of pyridine rings is 1. The van der Waals surface area contributed by atoms with E-state index in [0.717, 1.165) is 49.2 Å². The van der Waals surface area contributed by atoms with E-state index in [4.69, 9.17) is 9.47 Å². The van der Waals surface area contributed by atoms with Crippen molar-refractivity contribution in [1.29, 1.82) is 0 Å². The second-order valence-electron chi connectivity index (χ2n) is 8.98. The van der Waals surface area contributed by atoms with Gasteiger partial charge in [-0.05, 0) is 55.5 Å². The van der Waals surface area contributed by atoms with Crippen LogP contribution in [0.25, 0.3) is 0 Å². The molecule has 0 atom stereocenters. The van der Waals surface area contributed by atoms with Crippen LogP contribution in [0.5, 0.6) is 11.5 Å². The molecule has 7 nitrogen and oxygen atoms in total. The molecular weight excluding hydrogens is 406 g/mol. The fourth-order valence-corrected chi connectivity index (χ4v) is 5.29. The Bertz CT molecular complexity index is 980. The van der Waals surface area contributed by atoms with Gasteiger partial charge in [-0.2, -0.15) is 0 Å². The van der Waals surface area contributed by atoms with Crippen LogP contribution in [0.2, 0.25) is 0 Å². The maximum atomic E-state index is 13.9. The first-order valence-electron chi connectivity index (χ1n) is 11.6. The number of benzene rings is 1. The standard InChI is InChI=1S/C25H29N3O4/c29-23(27-22-6-2-5-13-26-22)18-9-14-28(15-10-18)24(30)25(11-3-1-4-12-25)19-7-8-20-21(16-19)32-17-31-20/h2,5-8,13,16,18H,1,3-4,9-12,14-15,17H2,(H,26,27,29). The predicted octanol–water partition coefficient (Wildman–Crippen LogP) is 3.89. The molecule has 5 rings (SSSR count). The molecule has 2 amide bonds. The zero-order valence-electron chi connectivity index (χ0n) is 18.2. The number of hydrogen-bond donors (Lipinski definition) is 1. The van der Waals surface area contributed by atoms with Crippen LogP contribution < -0.4 is 14.8 Å². The van der Waals surface area contributed by atoms with Crippen molar-refractivity contribution >= 4 is 17.6 Å². The largest absolute Gasteiger partial charge is 0.454 e. The minimum atomic E-state index is -0.512. The minimum Gasteiger partial charge on any atom is -0.454 e. The number of fused-ring (bicyclic) bond motifs is 1. The molecule has 1 aromatic heterocycles. The number of carbonyl (C=O) groups excluding carboxylic acids is 2. The molecule has 2 aliphatic heterocycles. The summed E-state index contributed by atoms with van der Waals surface area (Å²) in [5, 5.41) is 2.90. The van der Waals surface area contributed by atoms with Crippen molar-refractivity contribution in [2.24, 2.45) is 5.92 Å². The molecule has 0 spiro atoms. The first-order chi connectivity index (χ1) is 15.7. The van der Waals surface area contributed by atoms with Crippen molar-refractivity contribution in [3.05, 3.63) is 48.2 Å². The van der Waals surface area contributed by atoms with Crippen molar-refractivity contribution in [2.75, 3.05) is 25.2 Å². The third kappa shape index (κ3) is 3.92. The monoisotopic (exact) mass is 435 g/mol. The maximum absolute atomic E-state index is 13.9. The van der Waals surface area contributed by atoms with E-state index in [1.54, 1.807) is 12.3 Å². The number of nitrogens with zero attached hydrogens (tertiary/aromatic N) is 2. The number of carbonyl (C=O) groups is 2. The highest BCUT2D eigenvalue weighted by Crippen LogP contribution is 2.45. The number of nitrogens with one attached hydrogen (secondary N) is 1. The summed E-state index contributed by atoms with van der Waals surface area (Å²) >= 11 is 0. The van der Waals surface area contributed by atoms with Gasteiger partial charge in [0.15, 0.2) is 11.5 Å². The highest BCUT2D eigenvalue weighted by molar-refractivity contribution is 5.92. The normalized spacial score (nSPS) is 20.1. The van der Waals surface area contributed by atoms with E-state index in [1.807, 2.05) is 35.2 Å². The molecule has 0 unspecified atom stereocenters.